The van der Waals surface area contributed by atoms with Gasteiger partial charge in [-0.3, -0.25) is 9.59 Å². The van der Waals surface area contributed by atoms with Crippen molar-refractivity contribution < 1.29 is 13.2 Å². The molecule has 0 saturated heterocycles. The van der Waals surface area contributed by atoms with Crippen molar-refractivity contribution in [2.75, 3.05) is 5.32 Å². The molecule has 7 nitrogen and oxygen atoms in total. The van der Waals surface area contributed by atoms with E-state index < -0.39 is 21.5 Å². The fraction of sp³-hybridized carbons (Fsp3) is 0.100. The molecule has 0 aliphatic heterocycles. The molecule has 3 N–H and O–H groups in total. The van der Waals surface area contributed by atoms with Gasteiger partial charge in [0.25, 0.3) is 11.5 Å². The third-order valence-corrected chi connectivity index (χ3v) is 5.07. The SMILES string of the molecule is Cc1cccc(Cn2cccc(C(=O)Nc3ccc(S(N)(=O)=O)cc3)c2=O)c1. The van der Waals surface area contributed by atoms with E-state index in [2.05, 4.69) is 5.32 Å². The number of carbonyl (C=O) groups excluding carboxylic acids is 1. The average Bonchev–Trinajstić information content (AvgIpc) is 2.63. The first kappa shape index (κ1) is 19.5. The van der Waals surface area contributed by atoms with Crippen molar-refractivity contribution in [1.82, 2.24) is 4.57 Å². The van der Waals surface area contributed by atoms with E-state index >= 15 is 0 Å². The lowest BCUT2D eigenvalue weighted by Crippen LogP contribution is -2.29. The number of anilines is 1. The first-order chi connectivity index (χ1) is 13.2. The minimum absolute atomic E-state index is 0.00863. The number of hydrogen-bond acceptors (Lipinski definition) is 4. The number of nitrogens with zero attached hydrogens (tertiary/aromatic N) is 1. The van der Waals surface area contributed by atoms with E-state index in [9.17, 15) is 18.0 Å². The van der Waals surface area contributed by atoms with Crippen molar-refractivity contribution in [1.29, 1.82) is 0 Å². The summed E-state index contributed by atoms with van der Waals surface area (Å²) in [5.74, 6) is -0.577. The fourth-order valence-corrected chi connectivity index (χ4v) is 3.28. The first-order valence-corrected chi connectivity index (χ1v) is 9.98. The minimum Gasteiger partial charge on any atom is -0.322 e. The van der Waals surface area contributed by atoms with Gasteiger partial charge in [-0.05, 0) is 48.9 Å². The number of nitrogens with two attached hydrogens (primary N) is 1. The summed E-state index contributed by atoms with van der Waals surface area (Å²) in [5, 5.41) is 7.64. The van der Waals surface area contributed by atoms with Gasteiger partial charge < -0.3 is 9.88 Å². The molecule has 1 amide bonds. The summed E-state index contributed by atoms with van der Waals surface area (Å²) in [6, 6.07) is 16.2. The Balaban J connectivity index is 1.81. The van der Waals surface area contributed by atoms with Gasteiger partial charge in [-0.1, -0.05) is 29.8 Å². The smallest absolute Gasteiger partial charge is 0.263 e. The van der Waals surface area contributed by atoms with Crippen molar-refractivity contribution in [2.24, 2.45) is 5.14 Å². The number of nitrogens with one attached hydrogen (secondary N) is 1. The highest BCUT2D eigenvalue weighted by molar-refractivity contribution is 7.89. The van der Waals surface area contributed by atoms with Crippen LogP contribution in [-0.2, 0) is 16.6 Å². The maximum atomic E-state index is 12.7. The number of aryl methyl sites for hydroxylation is 1. The number of sulfonamides is 1. The Bertz CT molecular complexity index is 1180. The summed E-state index contributed by atoms with van der Waals surface area (Å²) in [6.45, 7) is 2.32. The molecule has 1 aromatic heterocycles. The van der Waals surface area contributed by atoms with Crippen LogP contribution in [0.25, 0.3) is 0 Å². The molecule has 0 aliphatic rings. The Kier molecular flexibility index (Phi) is 5.43. The van der Waals surface area contributed by atoms with Gasteiger partial charge in [0, 0.05) is 11.9 Å². The molecule has 3 aromatic rings. The molecule has 0 saturated carbocycles. The third kappa shape index (κ3) is 4.54. The largest absolute Gasteiger partial charge is 0.322 e. The van der Waals surface area contributed by atoms with Crippen molar-refractivity contribution in [2.45, 2.75) is 18.4 Å². The summed E-state index contributed by atoms with van der Waals surface area (Å²) in [7, 11) is -3.81. The van der Waals surface area contributed by atoms with Gasteiger partial charge in [0.15, 0.2) is 0 Å². The molecule has 1 heterocycles. The maximum absolute atomic E-state index is 12.7. The number of rotatable bonds is 5. The first-order valence-electron chi connectivity index (χ1n) is 8.43. The molecule has 0 bridgehead atoms. The highest BCUT2D eigenvalue weighted by Gasteiger charge is 2.13. The summed E-state index contributed by atoms with van der Waals surface area (Å²) in [6.07, 6.45) is 1.63. The lowest BCUT2D eigenvalue weighted by Gasteiger charge is -2.10. The highest BCUT2D eigenvalue weighted by atomic mass is 32.2. The molecule has 0 aliphatic carbocycles. The number of carbonyl (C=O) groups is 1. The number of benzene rings is 2. The second kappa shape index (κ2) is 7.79. The molecular formula is C20H19N3O4S. The standard InChI is InChI=1S/C20H19N3O4S/c1-14-4-2-5-15(12-14)13-23-11-3-6-18(20(23)25)19(24)22-16-7-9-17(10-8-16)28(21,26)27/h2-12H,13H2,1H3,(H,22,24)(H2,21,26,27). The van der Waals surface area contributed by atoms with Crippen LogP contribution < -0.4 is 16.0 Å². The van der Waals surface area contributed by atoms with Crippen molar-refractivity contribution >= 4 is 21.6 Å². The molecule has 0 radical (unpaired) electrons. The summed E-state index contributed by atoms with van der Waals surface area (Å²) >= 11 is 0. The molecule has 8 heteroatoms. The molecule has 3 rings (SSSR count). The summed E-state index contributed by atoms with van der Waals surface area (Å²) in [5.41, 5.74) is 1.97. The Morgan fingerprint density at radius 3 is 2.43 bits per heavy atom. The van der Waals surface area contributed by atoms with Crippen LogP contribution in [0.15, 0.2) is 76.6 Å². The molecule has 2 aromatic carbocycles. The second-order valence-electron chi connectivity index (χ2n) is 6.37. The Hall–Kier alpha value is -3.23. The van der Waals surface area contributed by atoms with Gasteiger partial charge in [-0.25, -0.2) is 13.6 Å². The lowest BCUT2D eigenvalue weighted by atomic mass is 10.1. The van der Waals surface area contributed by atoms with E-state index in [0.29, 0.717) is 12.2 Å². The van der Waals surface area contributed by atoms with Gasteiger partial charge in [-0.2, -0.15) is 0 Å². The van der Waals surface area contributed by atoms with E-state index in [1.807, 2.05) is 31.2 Å². The quantitative estimate of drug-likeness (QED) is 0.687. The molecule has 0 atom stereocenters. The van der Waals surface area contributed by atoms with Gasteiger partial charge in [0.2, 0.25) is 10.0 Å². The van der Waals surface area contributed by atoms with E-state index in [1.165, 1.54) is 34.9 Å². The Morgan fingerprint density at radius 1 is 1.07 bits per heavy atom. The molecule has 0 fully saturated rings. The fourth-order valence-electron chi connectivity index (χ4n) is 2.77. The lowest BCUT2D eigenvalue weighted by molar-refractivity contribution is 0.102. The van der Waals surface area contributed by atoms with Gasteiger partial charge in [0.1, 0.15) is 5.56 Å². The molecule has 0 spiro atoms. The van der Waals surface area contributed by atoms with Crippen LogP contribution in [0.2, 0.25) is 0 Å². The van der Waals surface area contributed by atoms with Gasteiger partial charge in [0.05, 0.1) is 11.4 Å². The minimum atomic E-state index is -3.81. The van der Waals surface area contributed by atoms with E-state index in [1.54, 1.807) is 12.3 Å². The Morgan fingerprint density at radius 2 is 1.79 bits per heavy atom. The van der Waals surface area contributed by atoms with Crippen LogP contribution >= 0.6 is 0 Å². The number of amides is 1. The molecule has 0 unspecified atom stereocenters. The highest BCUT2D eigenvalue weighted by Crippen LogP contribution is 2.13. The summed E-state index contributed by atoms with van der Waals surface area (Å²) < 4.78 is 24.0. The predicted octanol–water partition coefficient (Wildman–Crippen LogP) is 2.10. The van der Waals surface area contributed by atoms with E-state index in [-0.39, 0.29) is 10.5 Å². The van der Waals surface area contributed by atoms with E-state index in [0.717, 1.165) is 11.1 Å². The van der Waals surface area contributed by atoms with Crippen molar-refractivity contribution in [3.63, 3.8) is 0 Å². The van der Waals surface area contributed by atoms with Crippen LogP contribution in [0.3, 0.4) is 0 Å². The molecular weight excluding hydrogens is 378 g/mol. The van der Waals surface area contributed by atoms with Gasteiger partial charge >= 0.3 is 0 Å². The number of hydrogen-bond donors (Lipinski definition) is 2. The van der Waals surface area contributed by atoms with Crippen LogP contribution in [0.5, 0.6) is 0 Å². The number of pyridine rings is 1. The monoisotopic (exact) mass is 397 g/mol. The summed E-state index contributed by atoms with van der Waals surface area (Å²) in [4.78, 5) is 25.1. The van der Waals surface area contributed by atoms with E-state index in [4.69, 9.17) is 5.14 Å². The maximum Gasteiger partial charge on any atom is 0.263 e. The number of aromatic nitrogens is 1. The predicted molar refractivity (Wildman–Crippen MR) is 107 cm³/mol. The molecule has 144 valence electrons. The van der Waals surface area contributed by atoms with Crippen LogP contribution in [0.1, 0.15) is 21.5 Å². The van der Waals surface area contributed by atoms with Crippen LogP contribution in [-0.4, -0.2) is 18.9 Å². The van der Waals surface area contributed by atoms with Crippen molar-refractivity contribution in [3.05, 3.63) is 93.9 Å². The average molecular weight is 397 g/mol. The zero-order valence-corrected chi connectivity index (χ0v) is 15.9. The van der Waals surface area contributed by atoms with Crippen LogP contribution in [0, 0.1) is 6.92 Å². The number of primary sulfonamides is 1. The third-order valence-electron chi connectivity index (χ3n) is 4.14. The molecule has 28 heavy (non-hydrogen) atoms. The topological polar surface area (TPSA) is 111 Å². The Labute approximate surface area is 162 Å². The second-order valence-corrected chi connectivity index (χ2v) is 7.93. The normalized spacial score (nSPS) is 11.2. The van der Waals surface area contributed by atoms with Crippen molar-refractivity contribution in [3.8, 4) is 0 Å². The van der Waals surface area contributed by atoms with Gasteiger partial charge in [-0.15, -0.1) is 0 Å². The zero-order valence-electron chi connectivity index (χ0n) is 15.1. The van der Waals surface area contributed by atoms with Crippen LogP contribution in [0.4, 0.5) is 5.69 Å². The zero-order chi connectivity index (χ0) is 20.3.